The molecule has 2 aromatic carbocycles. The van der Waals surface area contributed by atoms with Gasteiger partial charge in [0.2, 0.25) is 0 Å². The molecule has 1 saturated carbocycles. The Morgan fingerprint density at radius 2 is 1.59 bits per heavy atom. The van der Waals surface area contributed by atoms with E-state index < -0.39 is 12.3 Å². The molecular weight excluding hydrogens is 281 g/mol. The quantitative estimate of drug-likeness (QED) is 0.837. The second-order valence-corrected chi connectivity index (χ2v) is 5.47. The molecule has 0 aromatic heterocycles. The average Bonchev–Trinajstić information content (AvgIpc) is 3.29. The highest BCUT2D eigenvalue weighted by Gasteiger charge is 2.45. The summed E-state index contributed by atoms with van der Waals surface area (Å²) in [6.45, 7) is 0.578. The third kappa shape index (κ3) is 3.64. The number of hydrogen-bond acceptors (Lipinski definition) is 2. The van der Waals surface area contributed by atoms with Gasteiger partial charge in [0.25, 0.3) is 0 Å². The predicted molar refractivity (Wildman–Crippen MR) is 81.9 cm³/mol. The maximum atomic E-state index is 13.4. The van der Waals surface area contributed by atoms with Gasteiger partial charge in [0.1, 0.15) is 12.8 Å². The van der Waals surface area contributed by atoms with Gasteiger partial charge in [-0.05, 0) is 11.1 Å². The van der Waals surface area contributed by atoms with E-state index in [4.69, 9.17) is 4.74 Å². The molecule has 0 radical (unpaired) electrons. The van der Waals surface area contributed by atoms with Gasteiger partial charge in [-0.1, -0.05) is 60.7 Å². The normalized spacial score (nSPS) is 19.5. The van der Waals surface area contributed by atoms with Crippen LogP contribution < -0.4 is 0 Å². The van der Waals surface area contributed by atoms with Crippen molar-refractivity contribution in [2.45, 2.75) is 31.8 Å². The molecule has 3 rings (SSSR count). The Bertz CT molecular complexity index is 617. The molecule has 0 unspecified atom stereocenters. The van der Waals surface area contributed by atoms with Crippen LogP contribution in [0.5, 0.6) is 0 Å². The standard InChI is InChI=1S/C18H18FNO2/c19-16-11-17(16)20(12-14-7-3-1-4-8-14)18(21)22-13-15-9-5-2-6-10-15/h1-10,16-17H,11-13H2/t16-,17+/m1/s1. The van der Waals surface area contributed by atoms with Gasteiger partial charge in [-0.2, -0.15) is 0 Å². The number of hydrogen-bond donors (Lipinski definition) is 0. The fraction of sp³-hybridized carbons (Fsp3) is 0.278. The van der Waals surface area contributed by atoms with Crippen LogP contribution in [0.2, 0.25) is 0 Å². The van der Waals surface area contributed by atoms with E-state index in [1.165, 1.54) is 4.90 Å². The highest BCUT2D eigenvalue weighted by Crippen LogP contribution is 2.33. The first-order valence-electron chi connectivity index (χ1n) is 7.39. The maximum Gasteiger partial charge on any atom is 0.410 e. The zero-order valence-electron chi connectivity index (χ0n) is 12.2. The van der Waals surface area contributed by atoms with Crippen LogP contribution >= 0.6 is 0 Å². The number of ether oxygens (including phenoxy) is 1. The fourth-order valence-electron chi connectivity index (χ4n) is 2.37. The van der Waals surface area contributed by atoms with Crippen LogP contribution in [0.1, 0.15) is 17.5 Å². The summed E-state index contributed by atoms with van der Waals surface area (Å²) in [7, 11) is 0. The Hall–Kier alpha value is -2.36. The van der Waals surface area contributed by atoms with Gasteiger partial charge < -0.3 is 4.74 Å². The first kappa shape index (κ1) is 14.6. The zero-order chi connectivity index (χ0) is 15.4. The molecule has 22 heavy (non-hydrogen) atoms. The van der Waals surface area contributed by atoms with E-state index in [0.717, 1.165) is 11.1 Å². The second-order valence-electron chi connectivity index (χ2n) is 5.47. The van der Waals surface area contributed by atoms with E-state index in [9.17, 15) is 9.18 Å². The van der Waals surface area contributed by atoms with Crippen molar-refractivity contribution in [2.75, 3.05) is 0 Å². The van der Waals surface area contributed by atoms with Gasteiger partial charge in [0.15, 0.2) is 0 Å². The van der Waals surface area contributed by atoms with Crippen molar-refractivity contribution in [3.05, 3.63) is 71.8 Å². The molecule has 1 aliphatic rings. The summed E-state index contributed by atoms with van der Waals surface area (Å²) in [4.78, 5) is 13.8. The van der Waals surface area contributed by atoms with Gasteiger partial charge in [0.05, 0.1) is 6.04 Å². The molecule has 2 atom stereocenters. The second kappa shape index (κ2) is 6.60. The minimum Gasteiger partial charge on any atom is -0.445 e. The fourth-order valence-corrected chi connectivity index (χ4v) is 2.37. The van der Waals surface area contributed by atoms with Crippen LogP contribution in [-0.4, -0.2) is 23.2 Å². The van der Waals surface area contributed by atoms with Crippen LogP contribution in [0.4, 0.5) is 9.18 Å². The minimum absolute atomic E-state index is 0.203. The summed E-state index contributed by atoms with van der Waals surface area (Å²) in [5, 5.41) is 0. The first-order valence-corrected chi connectivity index (χ1v) is 7.39. The third-order valence-corrected chi connectivity index (χ3v) is 3.72. The van der Waals surface area contributed by atoms with Crippen molar-refractivity contribution < 1.29 is 13.9 Å². The number of benzene rings is 2. The summed E-state index contributed by atoms with van der Waals surface area (Å²) in [6.07, 6.45) is -1.00. The number of alkyl halides is 1. The van der Waals surface area contributed by atoms with Crippen molar-refractivity contribution in [1.29, 1.82) is 0 Å². The molecule has 1 aliphatic carbocycles. The summed E-state index contributed by atoms with van der Waals surface area (Å²) in [5.74, 6) is 0. The lowest BCUT2D eigenvalue weighted by molar-refractivity contribution is 0.0877. The third-order valence-electron chi connectivity index (χ3n) is 3.72. The lowest BCUT2D eigenvalue weighted by Gasteiger charge is -2.22. The Morgan fingerprint density at radius 1 is 1.05 bits per heavy atom. The van der Waals surface area contributed by atoms with Crippen LogP contribution in [0.25, 0.3) is 0 Å². The number of carbonyl (C=O) groups excluding carboxylic acids is 1. The zero-order valence-corrected chi connectivity index (χ0v) is 12.2. The SMILES string of the molecule is O=C(OCc1ccccc1)N(Cc1ccccc1)[C@H]1C[C@H]1F. The number of rotatable bonds is 5. The summed E-state index contributed by atoms with van der Waals surface area (Å²) in [5.41, 5.74) is 1.89. The lowest BCUT2D eigenvalue weighted by Crippen LogP contribution is -2.34. The summed E-state index contributed by atoms with van der Waals surface area (Å²) in [6, 6.07) is 18.7. The van der Waals surface area contributed by atoms with Gasteiger partial charge in [0, 0.05) is 13.0 Å². The van der Waals surface area contributed by atoms with E-state index in [1.54, 1.807) is 0 Å². The Labute approximate surface area is 129 Å². The molecule has 114 valence electrons. The Morgan fingerprint density at radius 3 is 2.14 bits per heavy atom. The molecule has 0 saturated heterocycles. The summed E-state index contributed by atoms with van der Waals surface area (Å²) < 4.78 is 18.7. The van der Waals surface area contributed by atoms with Crippen LogP contribution in [0.3, 0.4) is 0 Å². The van der Waals surface area contributed by atoms with Crippen molar-refractivity contribution in [3.8, 4) is 0 Å². The number of carbonyl (C=O) groups is 1. The minimum atomic E-state index is -0.937. The monoisotopic (exact) mass is 299 g/mol. The van der Waals surface area contributed by atoms with E-state index in [0.29, 0.717) is 13.0 Å². The van der Waals surface area contributed by atoms with E-state index in [1.807, 2.05) is 60.7 Å². The number of nitrogens with zero attached hydrogens (tertiary/aromatic N) is 1. The number of amides is 1. The Balaban J connectivity index is 1.63. The lowest BCUT2D eigenvalue weighted by atomic mass is 10.2. The van der Waals surface area contributed by atoms with Crippen molar-refractivity contribution in [1.82, 2.24) is 4.90 Å². The topological polar surface area (TPSA) is 29.5 Å². The molecule has 2 aromatic rings. The van der Waals surface area contributed by atoms with Crippen molar-refractivity contribution >= 4 is 6.09 Å². The van der Waals surface area contributed by atoms with E-state index >= 15 is 0 Å². The Kier molecular flexibility index (Phi) is 4.37. The van der Waals surface area contributed by atoms with Gasteiger partial charge in [-0.3, -0.25) is 4.90 Å². The van der Waals surface area contributed by atoms with E-state index in [2.05, 4.69) is 0 Å². The molecule has 3 nitrogen and oxygen atoms in total. The predicted octanol–water partition coefficient (Wildman–Crippen LogP) is 3.94. The van der Waals surface area contributed by atoms with Crippen molar-refractivity contribution in [3.63, 3.8) is 0 Å². The highest BCUT2D eigenvalue weighted by atomic mass is 19.1. The number of halogens is 1. The van der Waals surface area contributed by atoms with Crippen LogP contribution in [0.15, 0.2) is 60.7 Å². The van der Waals surface area contributed by atoms with Gasteiger partial charge in [-0.25, -0.2) is 9.18 Å². The van der Waals surface area contributed by atoms with Gasteiger partial charge in [-0.15, -0.1) is 0 Å². The maximum absolute atomic E-state index is 13.4. The van der Waals surface area contributed by atoms with E-state index in [-0.39, 0.29) is 12.6 Å². The molecule has 1 fully saturated rings. The van der Waals surface area contributed by atoms with Crippen LogP contribution in [0, 0.1) is 0 Å². The molecule has 0 bridgehead atoms. The first-order chi connectivity index (χ1) is 10.7. The molecule has 0 spiro atoms. The summed E-state index contributed by atoms with van der Waals surface area (Å²) >= 11 is 0. The molecule has 0 heterocycles. The van der Waals surface area contributed by atoms with Crippen LogP contribution in [-0.2, 0) is 17.9 Å². The molecule has 4 heteroatoms. The molecular formula is C18H18FNO2. The molecule has 0 aliphatic heterocycles. The highest BCUT2D eigenvalue weighted by molar-refractivity contribution is 5.68. The molecule has 1 amide bonds. The average molecular weight is 299 g/mol. The largest absolute Gasteiger partial charge is 0.445 e. The van der Waals surface area contributed by atoms with Gasteiger partial charge >= 0.3 is 6.09 Å². The van der Waals surface area contributed by atoms with Crippen molar-refractivity contribution in [2.24, 2.45) is 0 Å². The smallest absolute Gasteiger partial charge is 0.410 e. The molecule has 0 N–H and O–H groups in total.